The molecule has 106 valence electrons. The van der Waals surface area contributed by atoms with E-state index in [1.807, 2.05) is 17.8 Å². The van der Waals surface area contributed by atoms with Crippen molar-refractivity contribution in [1.82, 2.24) is 5.43 Å². The summed E-state index contributed by atoms with van der Waals surface area (Å²) in [4.78, 5) is 11.3. The fraction of sp³-hybridized carbons (Fsp3) is 0.462. The SMILES string of the molecule is CC(CCN)SCCOc1cccc(C(=O)NN)c1. The number of thioether (sulfide) groups is 1. The first-order valence-corrected chi connectivity index (χ1v) is 7.27. The average Bonchev–Trinajstić information content (AvgIpc) is 2.43. The van der Waals surface area contributed by atoms with Gasteiger partial charge in [-0.1, -0.05) is 13.0 Å². The smallest absolute Gasteiger partial charge is 0.265 e. The molecule has 0 aliphatic heterocycles. The number of carbonyl (C=O) groups is 1. The highest BCUT2D eigenvalue weighted by molar-refractivity contribution is 7.99. The maximum atomic E-state index is 11.3. The van der Waals surface area contributed by atoms with Gasteiger partial charge in [-0.15, -0.1) is 0 Å². The van der Waals surface area contributed by atoms with Gasteiger partial charge in [0.05, 0.1) is 6.61 Å². The summed E-state index contributed by atoms with van der Waals surface area (Å²) in [5.74, 6) is 6.33. The molecule has 5 nitrogen and oxygen atoms in total. The third-order valence-corrected chi connectivity index (χ3v) is 3.76. The van der Waals surface area contributed by atoms with Crippen LogP contribution >= 0.6 is 11.8 Å². The Hall–Kier alpha value is -1.24. The zero-order chi connectivity index (χ0) is 14.1. The van der Waals surface area contributed by atoms with Gasteiger partial charge in [0.2, 0.25) is 0 Å². The fourth-order valence-corrected chi connectivity index (χ4v) is 2.42. The van der Waals surface area contributed by atoms with E-state index in [1.165, 1.54) is 0 Å². The zero-order valence-electron chi connectivity index (χ0n) is 11.1. The van der Waals surface area contributed by atoms with E-state index in [0.717, 1.165) is 12.2 Å². The Morgan fingerprint density at radius 1 is 1.53 bits per heavy atom. The molecule has 0 heterocycles. The van der Waals surface area contributed by atoms with E-state index in [2.05, 4.69) is 12.3 Å². The maximum Gasteiger partial charge on any atom is 0.265 e. The van der Waals surface area contributed by atoms with Crippen molar-refractivity contribution in [3.8, 4) is 5.75 Å². The number of rotatable bonds is 8. The largest absolute Gasteiger partial charge is 0.493 e. The van der Waals surface area contributed by atoms with Gasteiger partial charge in [0.15, 0.2) is 0 Å². The number of hydrazine groups is 1. The Morgan fingerprint density at radius 3 is 3.00 bits per heavy atom. The molecule has 0 spiro atoms. The molecular weight excluding hydrogens is 262 g/mol. The summed E-state index contributed by atoms with van der Waals surface area (Å²) in [5.41, 5.74) is 8.07. The summed E-state index contributed by atoms with van der Waals surface area (Å²) in [6, 6.07) is 6.95. The molecule has 19 heavy (non-hydrogen) atoms. The van der Waals surface area contributed by atoms with Gasteiger partial charge in [0, 0.05) is 16.6 Å². The van der Waals surface area contributed by atoms with Crippen LogP contribution in [0, 0.1) is 0 Å². The Kier molecular flexibility index (Phi) is 7.32. The van der Waals surface area contributed by atoms with E-state index in [9.17, 15) is 4.79 Å². The van der Waals surface area contributed by atoms with Crippen LogP contribution in [0.5, 0.6) is 5.75 Å². The average molecular weight is 283 g/mol. The summed E-state index contributed by atoms with van der Waals surface area (Å²) in [6.07, 6.45) is 1.01. The second-order valence-electron chi connectivity index (χ2n) is 4.11. The summed E-state index contributed by atoms with van der Waals surface area (Å²) in [5, 5.41) is 0.544. The first-order chi connectivity index (χ1) is 9.17. The number of nitrogens with two attached hydrogens (primary N) is 2. The normalized spacial score (nSPS) is 11.9. The standard InChI is InChI=1S/C13H21N3O2S/c1-10(5-6-14)19-8-7-18-12-4-2-3-11(9-12)13(17)16-15/h2-4,9-10H,5-8,14-15H2,1H3,(H,16,17). The number of amides is 1. The molecule has 1 unspecified atom stereocenters. The molecule has 0 radical (unpaired) electrons. The van der Waals surface area contributed by atoms with Gasteiger partial charge in [0.1, 0.15) is 5.75 Å². The van der Waals surface area contributed by atoms with Gasteiger partial charge >= 0.3 is 0 Å². The highest BCUT2D eigenvalue weighted by Crippen LogP contribution is 2.16. The van der Waals surface area contributed by atoms with Crippen molar-refractivity contribution in [2.45, 2.75) is 18.6 Å². The number of ether oxygens (including phenoxy) is 1. The topological polar surface area (TPSA) is 90.4 Å². The second kappa shape index (κ2) is 8.79. The van der Waals surface area contributed by atoms with Crippen molar-refractivity contribution in [1.29, 1.82) is 0 Å². The molecule has 0 saturated heterocycles. The molecule has 0 bridgehead atoms. The van der Waals surface area contributed by atoms with E-state index < -0.39 is 0 Å². The van der Waals surface area contributed by atoms with Crippen LogP contribution in [0.1, 0.15) is 23.7 Å². The molecule has 0 aliphatic carbocycles. The molecule has 1 aromatic rings. The zero-order valence-corrected chi connectivity index (χ0v) is 11.9. The van der Waals surface area contributed by atoms with Crippen LogP contribution in [-0.4, -0.2) is 30.1 Å². The first-order valence-electron chi connectivity index (χ1n) is 6.23. The molecular formula is C13H21N3O2S. The van der Waals surface area contributed by atoms with Gasteiger partial charge in [-0.05, 0) is 31.2 Å². The van der Waals surface area contributed by atoms with Crippen LogP contribution in [0.25, 0.3) is 0 Å². The summed E-state index contributed by atoms with van der Waals surface area (Å²) < 4.78 is 5.60. The highest BCUT2D eigenvalue weighted by Gasteiger charge is 2.05. The third-order valence-electron chi connectivity index (χ3n) is 2.55. The molecule has 0 aliphatic rings. The predicted octanol–water partition coefficient (Wildman–Crippen LogP) is 1.14. The Balaban J connectivity index is 2.35. The van der Waals surface area contributed by atoms with Gasteiger partial charge < -0.3 is 10.5 Å². The van der Waals surface area contributed by atoms with Crippen LogP contribution in [0.3, 0.4) is 0 Å². The number of nitrogens with one attached hydrogen (secondary N) is 1. The number of hydrogen-bond donors (Lipinski definition) is 3. The van der Waals surface area contributed by atoms with Gasteiger partial charge in [-0.3, -0.25) is 10.2 Å². The molecule has 1 rings (SSSR count). The van der Waals surface area contributed by atoms with Crippen molar-refractivity contribution in [3.63, 3.8) is 0 Å². The second-order valence-corrected chi connectivity index (χ2v) is 5.65. The van der Waals surface area contributed by atoms with Crippen LogP contribution in [-0.2, 0) is 0 Å². The predicted molar refractivity (Wildman–Crippen MR) is 79.2 cm³/mol. The lowest BCUT2D eigenvalue weighted by atomic mass is 10.2. The van der Waals surface area contributed by atoms with Gasteiger partial charge in [-0.25, -0.2) is 5.84 Å². The molecule has 1 atom stereocenters. The Labute approximate surface area is 118 Å². The highest BCUT2D eigenvalue weighted by atomic mass is 32.2. The van der Waals surface area contributed by atoms with Crippen molar-refractivity contribution in [3.05, 3.63) is 29.8 Å². The van der Waals surface area contributed by atoms with Gasteiger partial charge in [0.25, 0.3) is 5.91 Å². The van der Waals surface area contributed by atoms with Crippen LogP contribution in [0.15, 0.2) is 24.3 Å². The van der Waals surface area contributed by atoms with Crippen LogP contribution in [0.2, 0.25) is 0 Å². The van der Waals surface area contributed by atoms with E-state index in [1.54, 1.807) is 18.2 Å². The molecule has 1 amide bonds. The fourth-order valence-electron chi connectivity index (χ4n) is 1.54. The van der Waals surface area contributed by atoms with E-state index in [0.29, 0.717) is 29.7 Å². The summed E-state index contributed by atoms with van der Waals surface area (Å²) in [7, 11) is 0. The quantitative estimate of drug-likeness (QED) is 0.288. The molecule has 0 aromatic heterocycles. The van der Waals surface area contributed by atoms with Crippen LogP contribution in [0.4, 0.5) is 0 Å². The molecule has 0 fully saturated rings. The third kappa shape index (κ3) is 5.96. The maximum absolute atomic E-state index is 11.3. The van der Waals surface area contributed by atoms with E-state index >= 15 is 0 Å². The molecule has 5 N–H and O–H groups in total. The lowest BCUT2D eigenvalue weighted by molar-refractivity contribution is 0.0953. The number of benzene rings is 1. The van der Waals surface area contributed by atoms with Gasteiger partial charge in [-0.2, -0.15) is 11.8 Å². The summed E-state index contributed by atoms with van der Waals surface area (Å²) >= 11 is 1.83. The minimum absolute atomic E-state index is 0.323. The van der Waals surface area contributed by atoms with Crippen molar-refractivity contribution in [2.24, 2.45) is 11.6 Å². The number of hydrogen-bond acceptors (Lipinski definition) is 5. The molecule has 0 saturated carbocycles. The minimum atomic E-state index is -0.323. The Bertz CT molecular complexity index is 401. The van der Waals surface area contributed by atoms with Crippen molar-refractivity contribution >= 4 is 17.7 Å². The first kappa shape index (κ1) is 15.8. The molecule has 6 heteroatoms. The van der Waals surface area contributed by atoms with Crippen molar-refractivity contribution < 1.29 is 9.53 Å². The van der Waals surface area contributed by atoms with Crippen LogP contribution < -0.4 is 21.7 Å². The lowest BCUT2D eigenvalue weighted by Crippen LogP contribution is -2.29. The Morgan fingerprint density at radius 2 is 2.32 bits per heavy atom. The van der Waals surface area contributed by atoms with E-state index in [-0.39, 0.29) is 5.91 Å². The summed E-state index contributed by atoms with van der Waals surface area (Å²) in [6.45, 7) is 3.47. The lowest BCUT2D eigenvalue weighted by Gasteiger charge is -2.11. The molecule has 1 aromatic carbocycles. The minimum Gasteiger partial charge on any atom is -0.493 e. The number of nitrogen functional groups attached to an aromatic ring is 1. The van der Waals surface area contributed by atoms with Crippen molar-refractivity contribution in [2.75, 3.05) is 18.9 Å². The van der Waals surface area contributed by atoms with E-state index in [4.69, 9.17) is 16.3 Å². The monoisotopic (exact) mass is 283 g/mol. The number of carbonyl (C=O) groups excluding carboxylic acids is 1.